The van der Waals surface area contributed by atoms with Crippen molar-refractivity contribution in [3.63, 3.8) is 0 Å². The van der Waals surface area contributed by atoms with E-state index in [0.29, 0.717) is 45.7 Å². The third-order valence-corrected chi connectivity index (χ3v) is 13.6. The molecule has 8 heterocycles. The largest absolute Gasteiger partial charge is 0.497 e. The van der Waals surface area contributed by atoms with Crippen LogP contribution in [0.15, 0.2) is 164 Å². The van der Waals surface area contributed by atoms with Gasteiger partial charge in [-0.25, -0.2) is 9.97 Å². The van der Waals surface area contributed by atoms with Crippen LogP contribution in [0, 0.1) is 0 Å². The fraction of sp³-hybridized carbons (Fsp3) is 0.200. The van der Waals surface area contributed by atoms with E-state index >= 15 is 0 Å². The Morgan fingerprint density at radius 3 is 1.74 bits per heavy atom. The van der Waals surface area contributed by atoms with Crippen LogP contribution in [-0.2, 0) is 6.42 Å². The summed E-state index contributed by atoms with van der Waals surface area (Å²) < 4.78 is 19.8. The lowest BCUT2D eigenvalue weighted by molar-refractivity contribution is 0.0958. The Labute approximate surface area is 445 Å². The molecule has 7 aromatic heterocycles. The van der Waals surface area contributed by atoms with Gasteiger partial charge in [0.25, 0.3) is 5.91 Å². The maximum absolute atomic E-state index is 14.2. The molecule has 0 atom stereocenters. The molecule has 12 rings (SSSR count). The summed E-state index contributed by atoms with van der Waals surface area (Å²) in [6.45, 7) is 0. The molecule has 0 radical (unpaired) electrons. The van der Waals surface area contributed by atoms with Crippen LogP contribution in [0.25, 0.3) is 56.3 Å². The minimum absolute atomic E-state index is 0.176. The van der Waals surface area contributed by atoms with E-state index in [1.807, 2.05) is 103 Å². The van der Waals surface area contributed by atoms with Gasteiger partial charge in [-0.15, -0.1) is 0 Å². The van der Waals surface area contributed by atoms with Crippen LogP contribution in [-0.4, -0.2) is 71.6 Å². The number of carbonyl (C=O) groups excluding carboxylic acids is 1. The number of fused-ring (bicyclic) bond motifs is 2. The molecule has 76 heavy (non-hydrogen) atoms. The highest BCUT2D eigenvalue weighted by atomic mass is 35.5. The number of nitrogens with two attached hydrogens (primary N) is 1. The van der Waals surface area contributed by atoms with E-state index in [1.54, 1.807) is 73.6 Å². The van der Waals surface area contributed by atoms with Crippen LogP contribution in [0.4, 0.5) is 11.5 Å². The number of anilines is 2. The Hall–Kier alpha value is -8.95. The highest BCUT2D eigenvalue weighted by Crippen LogP contribution is 2.43. The number of aromatic nitrogens is 9. The minimum atomic E-state index is -0.176. The molecular weight excluding hydrogens is 974 g/mol. The quantitative estimate of drug-likeness (QED) is 0.117. The zero-order chi connectivity index (χ0) is 52.4. The van der Waals surface area contributed by atoms with Crippen molar-refractivity contribution in [1.29, 1.82) is 0 Å². The van der Waals surface area contributed by atoms with Crippen LogP contribution in [0.5, 0.6) is 17.4 Å². The van der Waals surface area contributed by atoms with Crippen molar-refractivity contribution in [2.24, 2.45) is 0 Å². The number of pyridine rings is 4. The van der Waals surface area contributed by atoms with E-state index < -0.39 is 0 Å². The fourth-order valence-corrected chi connectivity index (χ4v) is 9.99. The number of hydrogen-bond acceptors (Lipinski definition) is 13. The second-order valence-corrected chi connectivity index (χ2v) is 18.5. The molecule has 3 aliphatic rings. The first kappa shape index (κ1) is 50.6. The zero-order valence-corrected chi connectivity index (χ0v) is 43.2. The van der Waals surface area contributed by atoms with Gasteiger partial charge in [-0.1, -0.05) is 66.2 Å². The second kappa shape index (κ2) is 23.5. The molecule has 382 valence electrons. The maximum atomic E-state index is 14.2. The molecule has 0 saturated heterocycles. The number of hydrogen-bond donors (Lipinski definition) is 2. The van der Waals surface area contributed by atoms with E-state index in [9.17, 15) is 4.79 Å². The van der Waals surface area contributed by atoms with E-state index in [-0.39, 0.29) is 5.91 Å². The molecule has 2 aliphatic carbocycles. The Kier molecular flexibility index (Phi) is 15.6. The number of nitrogens with one attached hydrogen (secondary N) is 1. The van der Waals surface area contributed by atoms with Gasteiger partial charge < -0.3 is 25.3 Å². The van der Waals surface area contributed by atoms with Crippen LogP contribution < -0.4 is 25.3 Å². The van der Waals surface area contributed by atoms with Crippen molar-refractivity contribution in [2.45, 2.75) is 57.8 Å². The van der Waals surface area contributed by atoms with Gasteiger partial charge in [-0.05, 0) is 146 Å². The van der Waals surface area contributed by atoms with Crippen molar-refractivity contribution in [3.8, 4) is 51.3 Å². The molecule has 0 saturated carbocycles. The van der Waals surface area contributed by atoms with Crippen LogP contribution in [0.3, 0.4) is 0 Å². The zero-order valence-electron chi connectivity index (χ0n) is 42.5. The number of nitrogens with zero attached hydrogens (tertiary/aromatic N) is 9. The van der Waals surface area contributed by atoms with Gasteiger partial charge in [0, 0.05) is 48.7 Å². The number of nitrogen functional groups attached to an aromatic ring is 1. The summed E-state index contributed by atoms with van der Waals surface area (Å²) in [6.07, 6.45) is 22.3. The number of benzene rings is 2. The average molecular weight is 1030 g/mol. The summed E-state index contributed by atoms with van der Waals surface area (Å²) in [5.41, 5.74) is 18.9. The highest BCUT2D eigenvalue weighted by Gasteiger charge is 2.34. The number of carbonyl (C=O) groups is 1. The lowest BCUT2D eigenvalue weighted by atomic mass is 9.88. The van der Waals surface area contributed by atoms with Crippen molar-refractivity contribution in [1.82, 2.24) is 44.3 Å². The van der Waals surface area contributed by atoms with Crippen molar-refractivity contribution >= 4 is 51.4 Å². The standard InChI is InChI=1S/C30H27N5O2.C25H23ClN4O2.C5H6N2/c1-37-22-15-13-21(14-16-22)27-24(33-26-12-6-8-18-32-26)19-25-28(20-9-3-2-4-10-20)29(34-35(25)30(27)36)23-11-5-7-17-31-23;1-31-18-13-11-17(12-14-18)21-23(26)28-24-20(16-8-4-3-5-9-16)22(19-10-6-7-15-27-19)29-30(24)25(21)32-2;6-5-2-1-3-7-4-5/h5-9,11-18H,2-4,10,19H2,1H3,(H,32,33);6-8,10-15H,3-5,9H2,1-2H3;1-4H,6H2. The molecule has 0 unspecified atom stereocenters. The molecule has 2 aromatic carbocycles. The Bertz CT molecular complexity index is 3560. The first-order chi connectivity index (χ1) is 37.3. The minimum Gasteiger partial charge on any atom is -0.497 e. The predicted molar refractivity (Wildman–Crippen MR) is 299 cm³/mol. The highest BCUT2D eigenvalue weighted by molar-refractivity contribution is 6.32. The Morgan fingerprint density at radius 1 is 0.618 bits per heavy atom. The third kappa shape index (κ3) is 10.8. The number of allylic oxidation sites excluding steroid dienone is 6. The van der Waals surface area contributed by atoms with E-state index in [2.05, 4.69) is 37.4 Å². The summed E-state index contributed by atoms with van der Waals surface area (Å²) in [7, 11) is 4.89. The molecule has 3 N–H and O–H groups in total. The number of methoxy groups -OCH3 is 3. The van der Waals surface area contributed by atoms with Gasteiger partial charge in [-0.3, -0.25) is 19.7 Å². The van der Waals surface area contributed by atoms with Crippen molar-refractivity contribution < 1.29 is 19.0 Å². The predicted octanol–water partition coefficient (Wildman–Crippen LogP) is 12.8. The SMILES string of the molecule is COc1ccc(-c2c(Cl)nc3c(C4=CCCCC4)c(-c4ccccn4)nn3c2OC)cc1.COc1ccc(C2=C(Nc3ccccn3)Cc3c(C4=CCCCC4)c(-c4ccccn4)nn3C2=O)cc1.Nc1cccnc1. The Morgan fingerprint density at radius 2 is 1.22 bits per heavy atom. The lowest BCUT2D eigenvalue weighted by Crippen LogP contribution is -2.27. The van der Waals surface area contributed by atoms with E-state index in [4.69, 9.17) is 46.7 Å². The van der Waals surface area contributed by atoms with Crippen LogP contribution in [0.2, 0.25) is 5.15 Å². The average Bonchev–Trinajstić information content (AvgIpc) is 4.18. The normalized spacial score (nSPS) is 14.0. The van der Waals surface area contributed by atoms with Crippen molar-refractivity contribution in [3.05, 3.63) is 192 Å². The monoisotopic (exact) mass is 1030 g/mol. The molecule has 0 amide bonds. The lowest BCUT2D eigenvalue weighted by Gasteiger charge is -2.24. The molecule has 0 fully saturated rings. The van der Waals surface area contributed by atoms with E-state index in [0.717, 1.165) is 106 Å². The van der Waals surface area contributed by atoms with Crippen molar-refractivity contribution in [2.75, 3.05) is 32.4 Å². The summed E-state index contributed by atoms with van der Waals surface area (Å²) in [5, 5.41) is 13.6. The summed E-state index contributed by atoms with van der Waals surface area (Å²) >= 11 is 6.76. The van der Waals surface area contributed by atoms with Crippen LogP contribution >= 0.6 is 11.6 Å². The molecule has 9 aromatic rings. The van der Waals surface area contributed by atoms with Gasteiger partial charge in [-0.2, -0.15) is 19.4 Å². The Balaban J connectivity index is 0.000000154. The molecule has 16 heteroatoms. The van der Waals surface area contributed by atoms with E-state index in [1.165, 1.54) is 24.0 Å². The van der Waals surface area contributed by atoms with Gasteiger partial charge in [0.15, 0.2) is 5.65 Å². The molecule has 0 spiro atoms. The topological polar surface area (TPSA) is 182 Å². The summed E-state index contributed by atoms with van der Waals surface area (Å²) in [4.78, 5) is 36.3. The number of ether oxygens (including phenoxy) is 3. The molecule has 1 aliphatic heterocycles. The summed E-state index contributed by atoms with van der Waals surface area (Å²) in [5.74, 6) is 2.54. The van der Waals surface area contributed by atoms with Gasteiger partial charge in [0.05, 0.1) is 60.8 Å². The third-order valence-electron chi connectivity index (χ3n) is 13.3. The van der Waals surface area contributed by atoms with Gasteiger partial charge >= 0.3 is 0 Å². The maximum Gasteiger partial charge on any atom is 0.280 e. The molecule has 0 bridgehead atoms. The smallest absolute Gasteiger partial charge is 0.280 e. The number of rotatable bonds is 11. The summed E-state index contributed by atoms with van der Waals surface area (Å²) in [6, 6.07) is 36.1. The van der Waals surface area contributed by atoms with Gasteiger partial charge in [0.2, 0.25) is 5.88 Å². The van der Waals surface area contributed by atoms with Gasteiger partial charge in [0.1, 0.15) is 33.9 Å². The first-order valence-electron chi connectivity index (χ1n) is 25.2. The molecular formula is C60H56ClN11O4. The van der Waals surface area contributed by atoms with Crippen LogP contribution in [0.1, 0.15) is 78.5 Å². The molecule has 15 nitrogen and oxygen atoms in total. The fourth-order valence-electron chi connectivity index (χ4n) is 9.72. The number of halogens is 1. The second-order valence-electron chi connectivity index (χ2n) is 18.1. The first-order valence-corrected chi connectivity index (χ1v) is 25.6.